The van der Waals surface area contributed by atoms with E-state index < -0.39 is 26.8 Å². The van der Waals surface area contributed by atoms with E-state index in [9.17, 15) is 26.4 Å². The first-order chi connectivity index (χ1) is 13.2. The van der Waals surface area contributed by atoms with Crippen molar-refractivity contribution < 1.29 is 31.1 Å². The Morgan fingerprint density at radius 3 is 2.29 bits per heavy atom. The number of amides is 1. The number of hydrogen-bond donors (Lipinski definition) is 1. The number of halogens is 3. The first-order valence-corrected chi connectivity index (χ1v) is 11.0. The van der Waals surface area contributed by atoms with Gasteiger partial charge in [0, 0.05) is 25.2 Å². The van der Waals surface area contributed by atoms with Crippen molar-refractivity contribution in [2.24, 2.45) is 5.92 Å². The van der Waals surface area contributed by atoms with Crippen molar-refractivity contribution in [2.45, 2.75) is 60.9 Å². The minimum atomic E-state index is -4.59. The molecular formula is C19H24F3NO4S. The van der Waals surface area contributed by atoms with Gasteiger partial charge in [-0.2, -0.15) is 13.2 Å². The van der Waals surface area contributed by atoms with Crippen molar-refractivity contribution in [1.29, 1.82) is 0 Å². The van der Waals surface area contributed by atoms with Gasteiger partial charge in [-0.1, -0.05) is 6.07 Å². The lowest BCUT2D eigenvalue weighted by molar-refractivity contribution is -0.137. The van der Waals surface area contributed by atoms with Crippen LogP contribution in [0.25, 0.3) is 0 Å². The molecule has 1 aliphatic carbocycles. The highest BCUT2D eigenvalue weighted by atomic mass is 32.2. The fourth-order valence-corrected chi connectivity index (χ4v) is 5.68. The quantitative estimate of drug-likeness (QED) is 0.813. The number of ether oxygens (including phenoxy) is 1. The lowest BCUT2D eigenvalue weighted by Crippen LogP contribution is -2.43. The lowest BCUT2D eigenvalue weighted by Gasteiger charge is -2.31. The molecule has 1 aromatic carbocycles. The van der Waals surface area contributed by atoms with Gasteiger partial charge >= 0.3 is 6.18 Å². The van der Waals surface area contributed by atoms with Crippen LogP contribution in [-0.4, -0.2) is 38.8 Å². The molecule has 1 heterocycles. The highest BCUT2D eigenvalue weighted by molar-refractivity contribution is 7.92. The summed E-state index contributed by atoms with van der Waals surface area (Å²) in [5.41, 5.74) is -0.967. The van der Waals surface area contributed by atoms with Gasteiger partial charge < -0.3 is 10.1 Å². The fraction of sp³-hybridized carbons (Fsp3) is 0.632. The van der Waals surface area contributed by atoms with Crippen LogP contribution in [0.4, 0.5) is 13.2 Å². The number of hydrogen-bond acceptors (Lipinski definition) is 4. The minimum Gasteiger partial charge on any atom is -0.381 e. The zero-order valence-corrected chi connectivity index (χ0v) is 16.2. The Hall–Kier alpha value is -1.61. The monoisotopic (exact) mass is 419 g/mol. The summed E-state index contributed by atoms with van der Waals surface area (Å²) in [5.74, 6) is -0.0900. The van der Waals surface area contributed by atoms with Gasteiger partial charge in [0.1, 0.15) is 0 Å². The Kier molecular flexibility index (Phi) is 6.34. The third-order valence-electron chi connectivity index (χ3n) is 5.54. The van der Waals surface area contributed by atoms with E-state index in [1.807, 2.05) is 0 Å². The van der Waals surface area contributed by atoms with Crippen LogP contribution in [-0.2, 0) is 25.5 Å². The van der Waals surface area contributed by atoms with Gasteiger partial charge in [0.15, 0.2) is 9.84 Å². The zero-order valence-electron chi connectivity index (χ0n) is 15.4. The standard InChI is InChI=1S/C19H24F3NO4S/c20-19(21,22)14-2-1-3-17(12-14)28(25,26)16-6-4-15(5-7-16)23-18(24)13-8-10-27-11-9-13/h1-3,12-13,15-16H,4-11H2,(H,23,24)/t15-,16-. The Morgan fingerprint density at radius 2 is 1.68 bits per heavy atom. The van der Waals surface area contributed by atoms with E-state index in [1.165, 1.54) is 6.07 Å². The third-order valence-corrected chi connectivity index (χ3v) is 7.80. The Bertz CT molecular complexity index is 796. The molecule has 0 radical (unpaired) electrons. The summed E-state index contributed by atoms with van der Waals surface area (Å²) in [6.45, 7) is 1.14. The molecule has 1 N–H and O–H groups in total. The maximum absolute atomic E-state index is 12.9. The Morgan fingerprint density at radius 1 is 1.04 bits per heavy atom. The smallest absolute Gasteiger partial charge is 0.381 e. The van der Waals surface area contributed by atoms with Crippen molar-refractivity contribution in [2.75, 3.05) is 13.2 Å². The second kappa shape index (κ2) is 8.41. The van der Waals surface area contributed by atoms with Crippen molar-refractivity contribution in [3.05, 3.63) is 29.8 Å². The molecule has 156 valence electrons. The average molecular weight is 419 g/mol. The van der Waals surface area contributed by atoms with Gasteiger partial charge in [-0.05, 0) is 56.7 Å². The van der Waals surface area contributed by atoms with E-state index in [1.54, 1.807) is 0 Å². The summed E-state index contributed by atoms with van der Waals surface area (Å²) >= 11 is 0. The molecule has 5 nitrogen and oxygen atoms in total. The van der Waals surface area contributed by atoms with Gasteiger partial charge in [-0.15, -0.1) is 0 Å². The summed E-state index contributed by atoms with van der Waals surface area (Å²) in [6.07, 6.45) is -1.59. The molecular weight excluding hydrogens is 395 g/mol. The van der Waals surface area contributed by atoms with E-state index in [0.717, 1.165) is 12.1 Å². The molecule has 1 aromatic rings. The predicted octanol–water partition coefficient (Wildman–Crippen LogP) is 3.33. The van der Waals surface area contributed by atoms with Crippen molar-refractivity contribution in [1.82, 2.24) is 5.32 Å². The SMILES string of the molecule is O=C(N[C@H]1CC[C@H](S(=O)(=O)c2cccc(C(F)(F)F)c2)CC1)C1CCOCC1. The van der Waals surface area contributed by atoms with Crippen LogP contribution < -0.4 is 5.32 Å². The highest BCUT2D eigenvalue weighted by Gasteiger charge is 2.36. The van der Waals surface area contributed by atoms with Crippen LogP contribution in [0, 0.1) is 5.92 Å². The lowest BCUT2D eigenvalue weighted by atomic mass is 9.93. The van der Waals surface area contributed by atoms with Crippen LogP contribution in [0.2, 0.25) is 0 Å². The Balaban J connectivity index is 1.60. The molecule has 0 unspecified atom stereocenters. The minimum absolute atomic E-state index is 0.0208. The fourth-order valence-electron chi connectivity index (χ4n) is 3.84. The maximum atomic E-state index is 12.9. The molecule has 9 heteroatoms. The molecule has 3 rings (SSSR count). The number of sulfone groups is 1. The van der Waals surface area contributed by atoms with E-state index in [0.29, 0.717) is 57.8 Å². The van der Waals surface area contributed by atoms with Crippen molar-refractivity contribution in [3.63, 3.8) is 0 Å². The van der Waals surface area contributed by atoms with Gasteiger partial charge in [0.05, 0.1) is 15.7 Å². The summed E-state index contributed by atoms with van der Waals surface area (Å²) in [6, 6.07) is 3.80. The second-order valence-electron chi connectivity index (χ2n) is 7.44. The molecule has 0 aromatic heterocycles. The number of carbonyl (C=O) groups excluding carboxylic acids is 1. The highest BCUT2D eigenvalue weighted by Crippen LogP contribution is 2.34. The largest absolute Gasteiger partial charge is 0.416 e. The first kappa shape index (κ1) is 21.1. The van der Waals surface area contributed by atoms with Gasteiger partial charge in [0.2, 0.25) is 5.91 Å². The van der Waals surface area contributed by atoms with Crippen molar-refractivity contribution in [3.8, 4) is 0 Å². The van der Waals surface area contributed by atoms with Crippen molar-refractivity contribution >= 4 is 15.7 Å². The van der Waals surface area contributed by atoms with E-state index >= 15 is 0 Å². The molecule has 2 fully saturated rings. The number of rotatable bonds is 4. The normalized spacial score (nSPS) is 24.7. The zero-order chi connectivity index (χ0) is 20.4. The molecule has 1 saturated heterocycles. The first-order valence-electron chi connectivity index (χ1n) is 9.47. The van der Waals surface area contributed by atoms with Crippen LogP contribution in [0.5, 0.6) is 0 Å². The number of nitrogens with one attached hydrogen (secondary N) is 1. The summed E-state index contributed by atoms with van der Waals surface area (Å²) < 4.78 is 69.4. The molecule has 28 heavy (non-hydrogen) atoms. The van der Waals surface area contributed by atoms with Crippen LogP contribution in [0.15, 0.2) is 29.2 Å². The molecule has 0 bridgehead atoms. The molecule has 1 aliphatic heterocycles. The molecule has 1 amide bonds. The topological polar surface area (TPSA) is 72.5 Å². The number of alkyl halides is 3. The molecule has 2 aliphatic rings. The predicted molar refractivity (Wildman–Crippen MR) is 96.4 cm³/mol. The molecule has 0 atom stereocenters. The number of benzene rings is 1. The van der Waals surface area contributed by atoms with E-state index in [-0.39, 0.29) is 22.8 Å². The van der Waals surface area contributed by atoms with Crippen LogP contribution >= 0.6 is 0 Å². The van der Waals surface area contributed by atoms with E-state index in [4.69, 9.17) is 4.74 Å². The Labute approximate surface area is 162 Å². The summed E-state index contributed by atoms with van der Waals surface area (Å²) in [5, 5.41) is 2.26. The third kappa shape index (κ3) is 4.86. The van der Waals surface area contributed by atoms with Gasteiger partial charge in [-0.3, -0.25) is 4.79 Å². The van der Waals surface area contributed by atoms with Gasteiger partial charge in [-0.25, -0.2) is 8.42 Å². The number of carbonyl (C=O) groups is 1. The maximum Gasteiger partial charge on any atom is 0.416 e. The van der Waals surface area contributed by atoms with Gasteiger partial charge in [0.25, 0.3) is 0 Å². The summed E-state index contributed by atoms with van der Waals surface area (Å²) in [4.78, 5) is 12.0. The second-order valence-corrected chi connectivity index (χ2v) is 9.67. The molecule has 1 saturated carbocycles. The molecule has 0 spiro atoms. The van der Waals surface area contributed by atoms with Crippen LogP contribution in [0.1, 0.15) is 44.1 Å². The summed E-state index contributed by atoms with van der Waals surface area (Å²) in [7, 11) is -3.85. The van der Waals surface area contributed by atoms with Crippen LogP contribution in [0.3, 0.4) is 0 Å². The van der Waals surface area contributed by atoms with E-state index in [2.05, 4.69) is 5.32 Å². The average Bonchev–Trinajstić information content (AvgIpc) is 2.68.